The first-order valence-corrected chi connectivity index (χ1v) is 14.0. The molecule has 2 atom stereocenters. The number of fused-ring (bicyclic) bond motifs is 2. The van der Waals surface area contributed by atoms with Gasteiger partial charge in [0, 0.05) is 31.2 Å². The summed E-state index contributed by atoms with van der Waals surface area (Å²) in [5.41, 5.74) is 3.11. The number of carbonyl (C=O) groups excluding carboxylic acids is 2. The van der Waals surface area contributed by atoms with Gasteiger partial charge < -0.3 is 29.3 Å². The van der Waals surface area contributed by atoms with Crippen molar-refractivity contribution < 1.29 is 14.3 Å². The maximum Gasteiger partial charge on any atom is 0.318 e. The van der Waals surface area contributed by atoms with Crippen molar-refractivity contribution in [3.05, 3.63) is 54.0 Å². The van der Waals surface area contributed by atoms with Crippen molar-refractivity contribution in [3.63, 3.8) is 0 Å². The van der Waals surface area contributed by atoms with Gasteiger partial charge in [-0.1, -0.05) is 18.7 Å². The lowest BCUT2D eigenvalue weighted by Gasteiger charge is -2.41. The number of aromatic amines is 1. The van der Waals surface area contributed by atoms with Gasteiger partial charge in [-0.3, -0.25) is 9.59 Å². The predicted molar refractivity (Wildman–Crippen MR) is 151 cm³/mol. The molecule has 3 aliphatic heterocycles. The molecule has 3 aromatic rings. The number of nitriles is 1. The maximum atomic E-state index is 13.5. The van der Waals surface area contributed by atoms with Gasteiger partial charge in [-0.05, 0) is 44.6 Å². The fourth-order valence-electron chi connectivity index (χ4n) is 5.98. The Morgan fingerprint density at radius 1 is 1.17 bits per heavy atom. The molecular weight excluding hydrogens is 522 g/mol. The lowest BCUT2D eigenvalue weighted by Crippen LogP contribution is -2.55. The molecule has 0 bridgehead atoms. The molecule has 0 aliphatic carbocycles. The quantitative estimate of drug-likeness (QED) is 0.435. The molecule has 6 rings (SSSR count). The van der Waals surface area contributed by atoms with Crippen molar-refractivity contribution >= 4 is 28.7 Å². The largest absolute Gasteiger partial charge is 0.462 e. The number of nitrogens with one attached hydrogen (secondary N) is 1. The smallest absolute Gasteiger partial charge is 0.318 e. The summed E-state index contributed by atoms with van der Waals surface area (Å²) in [7, 11) is 2.09. The van der Waals surface area contributed by atoms with Gasteiger partial charge >= 0.3 is 6.01 Å². The van der Waals surface area contributed by atoms with Crippen LogP contribution in [-0.4, -0.2) is 98.4 Å². The van der Waals surface area contributed by atoms with Crippen molar-refractivity contribution in [1.29, 1.82) is 5.26 Å². The average Bonchev–Trinajstić information content (AvgIpc) is 3.73. The molecule has 12 nitrogen and oxygen atoms in total. The van der Waals surface area contributed by atoms with Crippen LogP contribution in [0.25, 0.3) is 11.0 Å². The molecule has 3 aliphatic rings. The summed E-state index contributed by atoms with van der Waals surface area (Å²) in [6, 6.07) is 10.0. The van der Waals surface area contributed by atoms with Gasteiger partial charge in [0.25, 0.3) is 5.91 Å². The number of para-hydroxylation sites is 2. The topological polar surface area (TPSA) is 135 Å². The van der Waals surface area contributed by atoms with Gasteiger partial charge in [0.1, 0.15) is 12.4 Å². The fraction of sp³-hybridized carbons (Fsp3) is 0.448. The van der Waals surface area contributed by atoms with E-state index in [1.807, 2.05) is 24.3 Å². The predicted octanol–water partition coefficient (Wildman–Crippen LogP) is 2.10. The third kappa shape index (κ3) is 5.20. The first kappa shape index (κ1) is 26.7. The van der Waals surface area contributed by atoms with Crippen LogP contribution < -0.4 is 9.64 Å². The second-order valence-electron chi connectivity index (χ2n) is 10.8. The van der Waals surface area contributed by atoms with E-state index in [1.165, 1.54) is 6.08 Å². The van der Waals surface area contributed by atoms with Crippen LogP contribution in [0.5, 0.6) is 6.01 Å². The summed E-state index contributed by atoms with van der Waals surface area (Å²) in [5.74, 6) is 0.548. The molecule has 12 heteroatoms. The van der Waals surface area contributed by atoms with E-state index in [1.54, 1.807) is 9.80 Å². The van der Waals surface area contributed by atoms with Crippen LogP contribution >= 0.6 is 0 Å². The van der Waals surface area contributed by atoms with E-state index in [9.17, 15) is 14.9 Å². The molecule has 5 heterocycles. The number of anilines is 1. The second kappa shape index (κ2) is 11.2. The first-order chi connectivity index (χ1) is 19.9. The molecule has 2 saturated heterocycles. The molecule has 0 spiro atoms. The zero-order chi connectivity index (χ0) is 28.5. The number of benzene rings is 1. The summed E-state index contributed by atoms with van der Waals surface area (Å²) < 4.78 is 6.15. The highest BCUT2D eigenvalue weighted by molar-refractivity contribution is 5.94. The molecular formula is C29H33N9O3. The minimum Gasteiger partial charge on any atom is -0.462 e. The van der Waals surface area contributed by atoms with Crippen molar-refractivity contribution in [2.75, 3.05) is 44.7 Å². The van der Waals surface area contributed by atoms with Crippen LogP contribution in [0.4, 0.5) is 5.82 Å². The number of hydrogen-bond donors (Lipinski definition) is 1. The summed E-state index contributed by atoms with van der Waals surface area (Å²) >= 11 is 0. The number of imidazole rings is 1. The number of hydrogen-bond acceptors (Lipinski definition) is 9. The van der Waals surface area contributed by atoms with Gasteiger partial charge in [-0.15, -0.1) is 0 Å². The van der Waals surface area contributed by atoms with Crippen molar-refractivity contribution in [3.8, 4) is 12.1 Å². The van der Waals surface area contributed by atoms with Gasteiger partial charge in [-0.2, -0.15) is 15.2 Å². The number of amides is 2. The number of aromatic nitrogens is 4. The number of carbonyl (C=O) groups is 2. The fourth-order valence-corrected chi connectivity index (χ4v) is 5.98. The van der Waals surface area contributed by atoms with Gasteiger partial charge in [0.05, 0.1) is 48.3 Å². The first-order valence-electron chi connectivity index (χ1n) is 14.0. The lowest BCUT2D eigenvalue weighted by molar-refractivity contribution is -0.128. The number of nitrogens with zero attached hydrogens (tertiary/aromatic N) is 8. The third-order valence-corrected chi connectivity index (χ3v) is 8.26. The summed E-state index contributed by atoms with van der Waals surface area (Å²) in [4.78, 5) is 51.0. The highest BCUT2D eigenvalue weighted by Crippen LogP contribution is 2.33. The Labute approximate surface area is 238 Å². The normalized spacial score (nSPS) is 20.7. The standard InChI is InChI=1S/C29H33N9O3/c1-3-25(39)38-14-13-36(15-19(38)10-11-30)27-21-16-37(28(40)26-31-22-8-4-5-9-23(22)32-26)17-24(21)33-29(34-27)41-18-20-7-6-12-35(20)2/h3-5,8-9,19-20H,1,6-7,10,12-18H2,2H3,(H,31,32)/t19-,20-/m0/s1. The lowest BCUT2D eigenvalue weighted by atomic mass is 10.1. The monoisotopic (exact) mass is 555 g/mol. The molecule has 0 radical (unpaired) electrons. The number of likely N-dealkylation sites (N-methyl/N-ethyl adjacent to an activating group) is 1. The molecule has 1 aromatic carbocycles. The highest BCUT2D eigenvalue weighted by Gasteiger charge is 2.36. The number of ether oxygens (including phenoxy) is 1. The summed E-state index contributed by atoms with van der Waals surface area (Å²) in [5, 5.41) is 9.46. The SMILES string of the molecule is C=CC(=O)N1CCN(c2nc(OC[C@@H]3CCCN3C)nc3c2CN(C(=O)c2nc4ccccc4[nH]2)C3)C[C@@H]1CC#N. The minimum absolute atomic E-state index is 0.190. The molecule has 212 valence electrons. The Balaban J connectivity index is 1.29. The van der Waals surface area contributed by atoms with Crippen LogP contribution in [0.15, 0.2) is 36.9 Å². The van der Waals surface area contributed by atoms with Gasteiger partial charge in [0.15, 0.2) is 5.82 Å². The maximum absolute atomic E-state index is 13.5. The Morgan fingerprint density at radius 2 is 2.02 bits per heavy atom. The summed E-state index contributed by atoms with van der Waals surface area (Å²) in [6.07, 6.45) is 3.67. The van der Waals surface area contributed by atoms with E-state index < -0.39 is 0 Å². The number of rotatable bonds is 7. The molecule has 0 saturated carbocycles. The molecule has 2 amide bonds. The molecule has 41 heavy (non-hydrogen) atoms. The Hall–Kier alpha value is -4.50. The van der Waals surface area contributed by atoms with E-state index in [0.717, 1.165) is 41.7 Å². The van der Waals surface area contributed by atoms with Crippen molar-refractivity contribution in [1.82, 2.24) is 34.6 Å². The Kier molecular flexibility index (Phi) is 7.28. The zero-order valence-corrected chi connectivity index (χ0v) is 23.1. The van der Waals surface area contributed by atoms with E-state index in [-0.39, 0.29) is 36.1 Å². The Bertz CT molecular complexity index is 1500. The molecule has 0 unspecified atom stereocenters. The third-order valence-electron chi connectivity index (χ3n) is 8.26. The minimum atomic E-state index is -0.309. The van der Waals surface area contributed by atoms with Crippen LogP contribution in [0.3, 0.4) is 0 Å². The van der Waals surface area contributed by atoms with Crippen LogP contribution in [-0.2, 0) is 17.9 Å². The van der Waals surface area contributed by atoms with E-state index in [4.69, 9.17) is 14.7 Å². The molecule has 2 aromatic heterocycles. The van der Waals surface area contributed by atoms with Crippen LogP contribution in [0.2, 0.25) is 0 Å². The number of likely N-dealkylation sites (tertiary alicyclic amines) is 1. The molecule has 2 fully saturated rings. The highest BCUT2D eigenvalue weighted by atomic mass is 16.5. The van der Waals surface area contributed by atoms with E-state index in [0.29, 0.717) is 51.2 Å². The van der Waals surface area contributed by atoms with Gasteiger partial charge in [-0.25, -0.2) is 4.98 Å². The van der Waals surface area contributed by atoms with Gasteiger partial charge in [0.2, 0.25) is 5.91 Å². The zero-order valence-electron chi connectivity index (χ0n) is 23.1. The molecule has 1 N–H and O–H groups in total. The number of H-pyrrole nitrogens is 1. The second-order valence-corrected chi connectivity index (χ2v) is 10.8. The average molecular weight is 556 g/mol. The Morgan fingerprint density at radius 3 is 2.78 bits per heavy atom. The summed E-state index contributed by atoms with van der Waals surface area (Å²) in [6.45, 7) is 7.14. The van der Waals surface area contributed by atoms with E-state index in [2.05, 4.69) is 39.5 Å². The van der Waals surface area contributed by atoms with E-state index >= 15 is 0 Å². The van der Waals surface area contributed by atoms with Crippen molar-refractivity contribution in [2.24, 2.45) is 0 Å². The van der Waals surface area contributed by atoms with Crippen molar-refractivity contribution in [2.45, 2.75) is 44.4 Å². The van der Waals surface area contributed by atoms with Crippen LogP contribution in [0.1, 0.15) is 41.1 Å². The number of piperazine rings is 1. The van der Waals surface area contributed by atoms with Crippen LogP contribution in [0, 0.1) is 11.3 Å².